The lowest BCUT2D eigenvalue weighted by Crippen LogP contribution is -2.41. The Balaban J connectivity index is 0. The maximum Gasteiger partial charge on any atom is 0.591 e. The molecule has 1 aliphatic heterocycles. The fourth-order valence-electron chi connectivity index (χ4n) is 1.09. The number of hydrogen-bond acceptors (Lipinski definition) is 5. The van der Waals surface area contributed by atoms with Gasteiger partial charge in [-0.25, -0.2) is 9.13 Å². The second-order valence-electron chi connectivity index (χ2n) is 7.52. The summed E-state index contributed by atoms with van der Waals surface area (Å²) in [4.78, 5) is 0. The van der Waals surface area contributed by atoms with Crippen LogP contribution in [0.4, 0.5) is 34.5 Å². The molecule has 182 valence electrons. The average molecular weight is 500 g/mol. The second-order valence-corrected chi connectivity index (χ2v) is 9.84. The van der Waals surface area contributed by atoms with Gasteiger partial charge in [-0.2, -0.15) is 22.0 Å². The van der Waals surface area contributed by atoms with Crippen molar-refractivity contribution in [3.8, 4) is 0 Å². The summed E-state index contributed by atoms with van der Waals surface area (Å²) in [6.45, 7) is 12.2. The maximum atomic E-state index is 12.7. The SMILES string of the molecule is CC(C)=C(C)C.CC1(C)OP(=O)(OCC(F)(F)C(F)(F)F)OC1(C)C.O=P(F)(F)F. The first-order valence-corrected chi connectivity index (χ1v) is 11.0. The lowest BCUT2D eigenvalue weighted by atomic mass is 9.90. The topological polar surface area (TPSA) is 61.8 Å². The molecule has 0 aromatic rings. The van der Waals surface area contributed by atoms with E-state index in [0.29, 0.717) is 0 Å². The predicted molar refractivity (Wildman–Crippen MR) is 95.5 cm³/mol. The molecule has 5 nitrogen and oxygen atoms in total. The first kappa shape index (κ1) is 31.7. The lowest BCUT2D eigenvalue weighted by molar-refractivity contribution is -0.290. The lowest BCUT2D eigenvalue weighted by Gasteiger charge is -2.28. The van der Waals surface area contributed by atoms with E-state index >= 15 is 0 Å². The molecule has 0 atom stereocenters. The van der Waals surface area contributed by atoms with Crippen molar-refractivity contribution in [1.82, 2.24) is 0 Å². The molecule has 0 unspecified atom stereocenters. The Morgan fingerprint density at radius 1 is 0.867 bits per heavy atom. The summed E-state index contributed by atoms with van der Waals surface area (Å²) in [5.41, 5.74) is 0.538. The number of rotatable bonds is 3. The van der Waals surface area contributed by atoms with E-state index in [1.165, 1.54) is 38.8 Å². The number of phosphoric ester groups is 1. The van der Waals surface area contributed by atoms with Crippen molar-refractivity contribution in [3.63, 3.8) is 0 Å². The third-order valence-electron chi connectivity index (χ3n) is 3.95. The third-order valence-corrected chi connectivity index (χ3v) is 5.75. The van der Waals surface area contributed by atoms with Gasteiger partial charge in [0.1, 0.15) is 17.8 Å². The molecule has 1 rings (SSSR count). The summed E-state index contributed by atoms with van der Waals surface area (Å²) in [5, 5.41) is 0. The molecule has 0 aromatic carbocycles. The van der Waals surface area contributed by atoms with E-state index in [0.717, 1.165) is 0 Å². The van der Waals surface area contributed by atoms with Crippen molar-refractivity contribution < 1.29 is 57.2 Å². The Morgan fingerprint density at radius 3 is 1.33 bits per heavy atom. The summed E-state index contributed by atoms with van der Waals surface area (Å²) in [5.74, 6) is -5.13. The molecule has 0 saturated carbocycles. The molecule has 0 N–H and O–H groups in total. The Kier molecular flexibility index (Phi) is 11.0. The zero-order valence-electron chi connectivity index (χ0n) is 17.7. The highest BCUT2D eigenvalue weighted by Crippen LogP contribution is 2.65. The molecule has 1 heterocycles. The van der Waals surface area contributed by atoms with Crippen LogP contribution in [0.5, 0.6) is 0 Å². The van der Waals surface area contributed by atoms with Gasteiger partial charge in [0.2, 0.25) is 0 Å². The van der Waals surface area contributed by atoms with Crippen LogP contribution in [-0.4, -0.2) is 29.9 Å². The minimum Gasteiger partial charge on any atom is -0.280 e. The van der Waals surface area contributed by atoms with Crippen LogP contribution in [0.15, 0.2) is 11.1 Å². The van der Waals surface area contributed by atoms with Gasteiger partial charge in [0.15, 0.2) is 0 Å². The maximum absolute atomic E-state index is 12.7. The average Bonchev–Trinajstić information content (AvgIpc) is 2.58. The van der Waals surface area contributed by atoms with Crippen LogP contribution in [0.1, 0.15) is 55.4 Å². The van der Waals surface area contributed by atoms with E-state index in [2.05, 4.69) is 32.2 Å². The summed E-state index contributed by atoms with van der Waals surface area (Å²) in [6, 6.07) is 0. The van der Waals surface area contributed by atoms with Crippen LogP contribution < -0.4 is 0 Å². The van der Waals surface area contributed by atoms with E-state index in [1.54, 1.807) is 0 Å². The van der Waals surface area contributed by atoms with Gasteiger partial charge in [0.25, 0.3) is 0 Å². The quantitative estimate of drug-likeness (QED) is 0.222. The van der Waals surface area contributed by atoms with Crippen molar-refractivity contribution in [2.45, 2.75) is 78.7 Å². The summed E-state index contributed by atoms with van der Waals surface area (Å²) in [7, 11) is -10.6. The van der Waals surface area contributed by atoms with Crippen LogP contribution in [0.2, 0.25) is 0 Å². The van der Waals surface area contributed by atoms with E-state index in [4.69, 9.17) is 13.6 Å². The zero-order chi connectivity index (χ0) is 25.0. The zero-order valence-corrected chi connectivity index (χ0v) is 19.5. The van der Waals surface area contributed by atoms with Gasteiger partial charge in [-0.05, 0) is 55.4 Å². The first-order valence-electron chi connectivity index (χ1n) is 8.17. The van der Waals surface area contributed by atoms with Crippen LogP contribution in [0, 0.1) is 0 Å². The number of phosphoric acid groups is 1. The van der Waals surface area contributed by atoms with Crippen molar-refractivity contribution in [2.75, 3.05) is 6.61 Å². The van der Waals surface area contributed by atoms with E-state index in [1.807, 2.05) is 0 Å². The fourth-order valence-corrected chi connectivity index (χ4v) is 3.11. The van der Waals surface area contributed by atoms with Gasteiger partial charge in [-0.3, -0.25) is 13.6 Å². The van der Waals surface area contributed by atoms with Gasteiger partial charge in [0.05, 0.1) is 0 Å². The molecule has 0 spiro atoms. The largest absolute Gasteiger partial charge is 0.591 e. The molecule has 0 amide bonds. The highest BCUT2D eigenvalue weighted by molar-refractivity contribution is 7.48. The molecule has 1 aliphatic rings. The third kappa shape index (κ3) is 11.8. The van der Waals surface area contributed by atoms with E-state index < -0.39 is 45.8 Å². The summed E-state index contributed by atoms with van der Waals surface area (Å²) >= 11 is 0. The number of halogens is 8. The first-order chi connectivity index (χ1) is 12.8. The molecule has 30 heavy (non-hydrogen) atoms. The van der Waals surface area contributed by atoms with Gasteiger partial charge >= 0.3 is 28.0 Å². The Labute approximate surface area is 170 Å². The van der Waals surface area contributed by atoms with Crippen LogP contribution >= 0.6 is 15.9 Å². The highest BCUT2D eigenvalue weighted by atomic mass is 31.3. The summed E-state index contributed by atoms with van der Waals surface area (Å²) < 4.78 is 125. The number of allylic oxidation sites excluding steroid dienone is 2. The molecule has 1 saturated heterocycles. The number of hydrogen-bond donors (Lipinski definition) is 0. The normalized spacial score (nSPS) is 19.7. The smallest absolute Gasteiger partial charge is 0.280 e. The Bertz CT molecular complexity index is 651. The van der Waals surface area contributed by atoms with Crippen molar-refractivity contribution in [2.24, 2.45) is 0 Å². The molecular formula is C15H26F8O5P2. The van der Waals surface area contributed by atoms with Crippen LogP contribution in [0.25, 0.3) is 0 Å². The molecule has 0 bridgehead atoms. The number of alkyl halides is 5. The molecular weight excluding hydrogens is 474 g/mol. The van der Waals surface area contributed by atoms with Crippen molar-refractivity contribution >= 4 is 15.9 Å². The molecule has 15 heteroatoms. The fraction of sp³-hybridized carbons (Fsp3) is 0.867. The van der Waals surface area contributed by atoms with Crippen LogP contribution in [-0.2, 0) is 22.7 Å². The summed E-state index contributed by atoms with van der Waals surface area (Å²) in [6.07, 6.45) is -5.79. The Morgan fingerprint density at radius 2 is 1.13 bits per heavy atom. The van der Waals surface area contributed by atoms with E-state index in [-0.39, 0.29) is 0 Å². The van der Waals surface area contributed by atoms with Crippen LogP contribution in [0.3, 0.4) is 0 Å². The standard InChI is InChI=1S/C9H14F5O4P.C6H12.F3OP/c1-6(2)7(3,4)18-19(15,17-6)16-5-8(10,11)9(12,13)14;1-5(2)6(3)4;1-5(2,3)4/h5H2,1-4H3;1-4H3;. The van der Waals surface area contributed by atoms with Gasteiger partial charge in [-0.15, -0.1) is 12.6 Å². The van der Waals surface area contributed by atoms with Gasteiger partial charge < -0.3 is 0 Å². The van der Waals surface area contributed by atoms with Crippen molar-refractivity contribution in [3.05, 3.63) is 11.1 Å². The highest BCUT2D eigenvalue weighted by Gasteiger charge is 2.61. The van der Waals surface area contributed by atoms with Gasteiger partial charge in [-0.1, -0.05) is 11.1 Å². The predicted octanol–water partition coefficient (Wildman–Crippen LogP) is 8.28. The molecule has 0 radical (unpaired) electrons. The molecule has 0 aromatic heterocycles. The minimum absolute atomic E-state index is 1.16. The Hall–Kier alpha value is -0.480. The van der Waals surface area contributed by atoms with Gasteiger partial charge in [0, 0.05) is 0 Å². The monoisotopic (exact) mass is 500 g/mol. The minimum atomic E-state index is -6.14. The molecule has 1 fully saturated rings. The second kappa shape index (κ2) is 10.4. The molecule has 0 aliphatic carbocycles. The van der Waals surface area contributed by atoms with E-state index in [9.17, 15) is 39.1 Å². The van der Waals surface area contributed by atoms with Crippen molar-refractivity contribution in [1.29, 1.82) is 0 Å².